The van der Waals surface area contributed by atoms with Crippen LogP contribution in [0, 0.1) is 12.8 Å². The highest BCUT2D eigenvalue weighted by molar-refractivity contribution is 7.10. The van der Waals surface area contributed by atoms with Crippen LogP contribution in [0.4, 0.5) is 5.00 Å². The number of nitrogens with zero attached hydrogens (tertiary/aromatic N) is 3. The number of benzene rings is 1. The van der Waals surface area contributed by atoms with Crippen LogP contribution >= 0.6 is 11.5 Å². The zero-order chi connectivity index (χ0) is 19.7. The van der Waals surface area contributed by atoms with Crippen molar-refractivity contribution < 1.29 is 14.3 Å². The summed E-state index contributed by atoms with van der Waals surface area (Å²) < 4.78 is 9.23. The molecular formula is C21H25N3O3S. The van der Waals surface area contributed by atoms with Gasteiger partial charge in [-0.25, -0.2) is 4.79 Å². The number of cyclic esters (lactones) is 1. The smallest absolute Gasteiger partial charge is 0.338 e. The Kier molecular flexibility index (Phi) is 5.46. The molecule has 2 aliphatic heterocycles. The van der Waals surface area contributed by atoms with Gasteiger partial charge in [0.2, 0.25) is 5.91 Å². The number of carbonyl (C=O) groups excluding carboxylic acids is 2. The van der Waals surface area contributed by atoms with E-state index >= 15 is 0 Å². The number of fused-ring (bicyclic) bond motifs is 1. The van der Waals surface area contributed by atoms with Crippen LogP contribution in [0.2, 0.25) is 0 Å². The first-order valence-electron chi connectivity index (χ1n) is 9.73. The van der Waals surface area contributed by atoms with Gasteiger partial charge in [-0.15, -0.1) is 0 Å². The van der Waals surface area contributed by atoms with Crippen molar-refractivity contribution in [3.8, 4) is 0 Å². The molecule has 0 unspecified atom stereocenters. The van der Waals surface area contributed by atoms with E-state index in [-0.39, 0.29) is 17.8 Å². The van der Waals surface area contributed by atoms with Crippen molar-refractivity contribution in [2.24, 2.45) is 5.92 Å². The third kappa shape index (κ3) is 3.69. The summed E-state index contributed by atoms with van der Waals surface area (Å²) in [6.07, 6.45) is 4.48. The first-order chi connectivity index (χ1) is 13.5. The first-order valence-corrected chi connectivity index (χ1v) is 10.5. The van der Waals surface area contributed by atoms with Crippen molar-refractivity contribution in [2.75, 3.05) is 31.6 Å². The molecule has 1 fully saturated rings. The van der Waals surface area contributed by atoms with Crippen molar-refractivity contribution in [3.63, 3.8) is 0 Å². The van der Waals surface area contributed by atoms with E-state index < -0.39 is 0 Å². The Bertz CT molecular complexity index is 873. The number of piperidine rings is 1. The summed E-state index contributed by atoms with van der Waals surface area (Å²) in [6, 6.07) is 5.84. The Morgan fingerprint density at radius 2 is 2.11 bits per heavy atom. The molecule has 2 aromatic rings. The van der Waals surface area contributed by atoms with Crippen LogP contribution in [-0.2, 0) is 22.6 Å². The number of likely N-dealkylation sites (tertiary alicyclic amines) is 1. The van der Waals surface area contributed by atoms with Crippen LogP contribution in [-0.4, -0.2) is 47.8 Å². The van der Waals surface area contributed by atoms with Crippen molar-refractivity contribution in [3.05, 3.63) is 46.6 Å². The maximum Gasteiger partial charge on any atom is 0.338 e. The molecule has 0 bridgehead atoms. The largest absolute Gasteiger partial charge is 0.457 e. The van der Waals surface area contributed by atoms with Crippen molar-refractivity contribution in [1.29, 1.82) is 0 Å². The van der Waals surface area contributed by atoms with E-state index in [0.717, 1.165) is 49.5 Å². The van der Waals surface area contributed by atoms with Crippen molar-refractivity contribution in [2.45, 2.75) is 32.8 Å². The number of hydrogen-bond donors (Lipinski definition) is 0. The van der Waals surface area contributed by atoms with Gasteiger partial charge in [-0.2, -0.15) is 4.37 Å². The number of amides is 1. The predicted molar refractivity (Wildman–Crippen MR) is 109 cm³/mol. The number of aromatic nitrogens is 1. The van der Waals surface area contributed by atoms with E-state index in [1.54, 1.807) is 11.1 Å². The molecule has 0 aliphatic carbocycles. The van der Waals surface area contributed by atoms with E-state index in [1.165, 1.54) is 22.7 Å². The number of carbonyl (C=O) groups is 2. The van der Waals surface area contributed by atoms with Crippen LogP contribution in [0.15, 0.2) is 24.4 Å². The minimum absolute atomic E-state index is 0.0910. The Balaban J connectivity index is 1.30. The lowest BCUT2D eigenvalue weighted by Crippen LogP contribution is -2.41. The number of esters is 1. The summed E-state index contributed by atoms with van der Waals surface area (Å²) >= 11 is 1.35. The van der Waals surface area contributed by atoms with E-state index in [1.807, 2.05) is 19.2 Å². The summed E-state index contributed by atoms with van der Waals surface area (Å²) in [5.41, 5.74) is 4.21. The second-order valence-electron chi connectivity index (χ2n) is 7.57. The molecule has 2 aliphatic rings. The van der Waals surface area contributed by atoms with Gasteiger partial charge < -0.3 is 14.5 Å². The van der Waals surface area contributed by atoms with E-state index in [4.69, 9.17) is 4.74 Å². The molecule has 0 spiro atoms. The molecule has 0 atom stereocenters. The standard InChI is InChI=1S/C21H25N3O3S/c1-14-15(3-4-17-18(14)13-27-21(17)26)6-10-24-11-7-16(8-12-24)20(25)23(2)19-5-9-22-28-19/h3-5,9,16H,6-8,10-13H2,1-2H3. The average molecular weight is 400 g/mol. The van der Waals surface area contributed by atoms with Gasteiger partial charge in [0.25, 0.3) is 0 Å². The fraction of sp³-hybridized carbons (Fsp3) is 0.476. The lowest BCUT2D eigenvalue weighted by molar-refractivity contribution is -0.123. The van der Waals surface area contributed by atoms with Gasteiger partial charge in [-0.3, -0.25) is 4.79 Å². The van der Waals surface area contributed by atoms with Crippen LogP contribution in [0.1, 0.15) is 39.9 Å². The third-order valence-corrected chi connectivity index (χ3v) is 6.82. The van der Waals surface area contributed by atoms with Gasteiger partial charge in [-0.05, 0) is 74.1 Å². The number of anilines is 1. The molecule has 0 N–H and O–H groups in total. The fourth-order valence-electron chi connectivity index (χ4n) is 4.12. The topological polar surface area (TPSA) is 62.7 Å². The number of hydrogen-bond acceptors (Lipinski definition) is 6. The van der Waals surface area contributed by atoms with Crippen molar-refractivity contribution in [1.82, 2.24) is 9.27 Å². The molecule has 1 aromatic carbocycles. The third-order valence-electron chi connectivity index (χ3n) is 6.00. The molecule has 28 heavy (non-hydrogen) atoms. The van der Waals surface area contributed by atoms with Gasteiger partial charge in [0, 0.05) is 31.3 Å². The Hall–Kier alpha value is -2.25. The summed E-state index contributed by atoms with van der Waals surface area (Å²) in [5, 5.41) is 0.905. The minimum Gasteiger partial charge on any atom is -0.457 e. The zero-order valence-electron chi connectivity index (χ0n) is 16.3. The quantitative estimate of drug-likeness (QED) is 0.723. The molecule has 0 saturated carbocycles. The zero-order valence-corrected chi connectivity index (χ0v) is 17.1. The van der Waals surface area contributed by atoms with Crippen LogP contribution in [0.5, 0.6) is 0 Å². The molecule has 3 heterocycles. The second-order valence-corrected chi connectivity index (χ2v) is 8.38. The lowest BCUT2D eigenvalue weighted by Gasteiger charge is -2.33. The summed E-state index contributed by atoms with van der Waals surface area (Å²) in [6.45, 7) is 5.34. The van der Waals surface area contributed by atoms with Crippen LogP contribution < -0.4 is 4.90 Å². The first kappa shape index (κ1) is 19.1. The molecule has 4 rings (SSSR count). The van der Waals surface area contributed by atoms with E-state index in [2.05, 4.69) is 22.3 Å². The predicted octanol–water partition coefficient (Wildman–Crippen LogP) is 3.04. The highest BCUT2D eigenvalue weighted by Gasteiger charge is 2.28. The van der Waals surface area contributed by atoms with Crippen LogP contribution in [0.25, 0.3) is 0 Å². The SMILES string of the molecule is Cc1c(CCN2CCC(C(=O)N(C)c3ccns3)CC2)ccc2c1COC2=O. The van der Waals surface area contributed by atoms with Gasteiger partial charge in [0.1, 0.15) is 11.6 Å². The fourth-order valence-corrected chi connectivity index (χ4v) is 4.68. The van der Waals surface area contributed by atoms with Gasteiger partial charge in [0.15, 0.2) is 0 Å². The number of ether oxygens (including phenoxy) is 1. The highest BCUT2D eigenvalue weighted by Crippen LogP contribution is 2.27. The number of rotatable bonds is 5. The molecule has 1 aromatic heterocycles. The van der Waals surface area contributed by atoms with E-state index in [9.17, 15) is 9.59 Å². The molecule has 6 nitrogen and oxygen atoms in total. The maximum atomic E-state index is 12.7. The molecule has 0 radical (unpaired) electrons. The molecular weight excluding hydrogens is 374 g/mol. The molecule has 1 saturated heterocycles. The molecule has 1 amide bonds. The Labute approximate surface area is 169 Å². The lowest BCUT2D eigenvalue weighted by atomic mass is 9.94. The van der Waals surface area contributed by atoms with Crippen molar-refractivity contribution >= 4 is 28.4 Å². The second kappa shape index (κ2) is 8.01. The maximum absolute atomic E-state index is 12.7. The Morgan fingerprint density at radius 1 is 1.32 bits per heavy atom. The minimum atomic E-state index is -0.209. The van der Waals surface area contributed by atoms with Gasteiger partial charge in [0.05, 0.1) is 5.56 Å². The highest BCUT2D eigenvalue weighted by atomic mass is 32.1. The van der Waals surface area contributed by atoms with E-state index in [0.29, 0.717) is 12.2 Å². The summed E-state index contributed by atoms with van der Waals surface area (Å²) in [7, 11) is 1.84. The monoisotopic (exact) mass is 399 g/mol. The normalized spacial score (nSPS) is 17.4. The Morgan fingerprint density at radius 3 is 2.82 bits per heavy atom. The molecule has 7 heteroatoms. The van der Waals surface area contributed by atoms with Crippen LogP contribution in [0.3, 0.4) is 0 Å². The van der Waals surface area contributed by atoms with Gasteiger partial charge in [-0.1, -0.05) is 6.07 Å². The molecule has 148 valence electrons. The van der Waals surface area contributed by atoms with Gasteiger partial charge >= 0.3 is 5.97 Å². The summed E-state index contributed by atoms with van der Waals surface area (Å²) in [4.78, 5) is 28.6. The average Bonchev–Trinajstić information content (AvgIpc) is 3.37. The summed E-state index contributed by atoms with van der Waals surface area (Å²) in [5.74, 6) is 0.0796.